The van der Waals surface area contributed by atoms with E-state index in [-0.39, 0.29) is 0 Å². The number of benzene rings is 1. The number of likely N-dealkylation sites (N-methyl/N-ethyl adjacent to an activating group) is 1. The fourth-order valence-electron chi connectivity index (χ4n) is 3.02. The molecule has 0 saturated carbocycles. The largest absolute Gasteiger partial charge is 0.308 e. The molecule has 2 heterocycles. The van der Waals surface area contributed by atoms with Gasteiger partial charge in [-0.2, -0.15) is 11.8 Å². The van der Waals surface area contributed by atoms with Crippen LogP contribution in [0.25, 0.3) is 0 Å². The summed E-state index contributed by atoms with van der Waals surface area (Å²) in [5, 5.41) is 3.68. The molecule has 1 aromatic carbocycles. The van der Waals surface area contributed by atoms with Crippen LogP contribution < -0.4 is 5.32 Å². The summed E-state index contributed by atoms with van der Waals surface area (Å²) in [5.41, 5.74) is 3.02. The van der Waals surface area contributed by atoms with E-state index >= 15 is 0 Å². The van der Waals surface area contributed by atoms with Crippen molar-refractivity contribution in [1.82, 2.24) is 10.2 Å². The van der Waals surface area contributed by atoms with E-state index < -0.39 is 0 Å². The fraction of sp³-hybridized carbons (Fsp3) is 0.600. The number of thioether (sulfide) groups is 1. The highest BCUT2D eigenvalue weighted by molar-refractivity contribution is 7.99. The van der Waals surface area contributed by atoms with Gasteiger partial charge in [0.05, 0.1) is 0 Å². The summed E-state index contributed by atoms with van der Waals surface area (Å²) < 4.78 is 0. The Balaban J connectivity index is 1.59. The molecule has 3 heteroatoms. The SMILES string of the molecule is CN(CC1Cc2ccccc2CN1)C1CCSC1. The third-order valence-corrected chi connectivity index (χ3v) is 5.35. The predicted molar refractivity (Wildman–Crippen MR) is 79.1 cm³/mol. The van der Waals surface area contributed by atoms with E-state index in [9.17, 15) is 0 Å². The van der Waals surface area contributed by atoms with Gasteiger partial charge in [-0.05, 0) is 36.8 Å². The average Bonchev–Trinajstić information content (AvgIpc) is 2.92. The van der Waals surface area contributed by atoms with Gasteiger partial charge in [-0.25, -0.2) is 0 Å². The zero-order chi connectivity index (χ0) is 12.4. The zero-order valence-corrected chi connectivity index (χ0v) is 11.9. The van der Waals surface area contributed by atoms with Crippen LogP contribution in [0.5, 0.6) is 0 Å². The summed E-state index contributed by atoms with van der Waals surface area (Å²) >= 11 is 2.10. The second-order valence-corrected chi connectivity index (χ2v) is 6.66. The van der Waals surface area contributed by atoms with Crippen molar-refractivity contribution in [3.8, 4) is 0 Å². The van der Waals surface area contributed by atoms with Crippen molar-refractivity contribution >= 4 is 11.8 Å². The lowest BCUT2D eigenvalue weighted by Crippen LogP contribution is -2.46. The van der Waals surface area contributed by atoms with Gasteiger partial charge in [0.15, 0.2) is 0 Å². The van der Waals surface area contributed by atoms with E-state index in [1.54, 1.807) is 0 Å². The van der Waals surface area contributed by atoms with Gasteiger partial charge < -0.3 is 10.2 Å². The van der Waals surface area contributed by atoms with Crippen molar-refractivity contribution in [2.24, 2.45) is 0 Å². The van der Waals surface area contributed by atoms with Gasteiger partial charge in [0.2, 0.25) is 0 Å². The highest BCUT2D eigenvalue weighted by atomic mass is 32.2. The van der Waals surface area contributed by atoms with Crippen LogP contribution in [0, 0.1) is 0 Å². The molecule has 2 aliphatic heterocycles. The van der Waals surface area contributed by atoms with Crippen molar-refractivity contribution in [3.63, 3.8) is 0 Å². The quantitative estimate of drug-likeness (QED) is 0.898. The van der Waals surface area contributed by atoms with Gasteiger partial charge in [-0.1, -0.05) is 24.3 Å². The Bertz CT molecular complexity index is 401. The minimum Gasteiger partial charge on any atom is -0.308 e. The number of rotatable bonds is 3. The Morgan fingerprint density at radius 2 is 2.17 bits per heavy atom. The predicted octanol–water partition coefficient (Wildman–Crippen LogP) is 2.14. The standard InChI is InChI=1S/C15H22N2S/c1-17(15-6-7-18-11-15)10-14-8-12-4-2-3-5-13(12)9-16-14/h2-5,14-16H,6-11H2,1H3. The van der Waals surface area contributed by atoms with E-state index in [1.165, 1.54) is 42.0 Å². The van der Waals surface area contributed by atoms with Crippen LogP contribution in [0.15, 0.2) is 24.3 Å². The number of nitrogens with zero attached hydrogens (tertiary/aromatic N) is 1. The van der Waals surface area contributed by atoms with E-state index in [0.29, 0.717) is 6.04 Å². The second kappa shape index (κ2) is 5.64. The van der Waals surface area contributed by atoms with Gasteiger partial charge in [0, 0.05) is 30.9 Å². The molecule has 1 aromatic rings. The summed E-state index contributed by atoms with van der Waals surface area (Å²) in [6, 6.07) is 10.3. The lowest BCUT2D eigenvalue weighted by atomic mass is 9.95. The average molecular weight is 262 g/mol. The van der Waals surface area contributed by atoms with Crippen molar-refractivity contribution in [3.05, 3.63) is 35.4 Å². The Labute approximate surface area is 114 Å². The normalized spacial score (nSPS) is 27.4. The minimum atomic E-state index is 0.621. The summed E-state index contributed by atoms with van der Waals surface area (Å²) in [4.78, 5) is 2.56. The summed E-state index contributed by atoms with van der Waals surface area (Å²) in [6.45, 7) is 2.22. The molecule has 2 atom stereocenters. The summed E-state index contributed by atoms with van der Waals surface area (Å²) in [7, 11) is 2.29. The smallest absolute Gasteiger partial charge is 0.0238 e. The first-order valence-electron chi connectivity index (χ1n) is 6.91. The molecular formula is C15H22N2S. The molecule has 2 aliphatic rings. The monoisotopic (exact) mass is 262 g/mol. The first kappa shape index (κ1) is 12.5. The molecule has 0 aromatic heterocycles. The molecular weight excluding hydrogens is 240 g/mol. The lowest BCUT2D eigenvalue weighted by Gasteiger charge is -2.32. The molecule has 1 fully saturated rings. The van der Waals surface area contributed by atoms with Crippen LogP contribution in [0.2, 0.25) is 0 Å². The van der Waals surface area contributed by atoms with Crippen LogP contribution >= 0.6 is 11.8 Å². The zero-order valence-electron chi connectivity index (χ0n) is 11.1. The van der Waals surface area contributed by atoms with Gasteiger partial charge in [-0.3, -0.25) is 0 Å². The molecule has 2 unspecified atom stereocenters. The maximum atomic E-state index is 3.68. The van der Waals surface area contributed by atoms with Crippen LogP contribution in [0.4, 0.5) is 0 Å². The molecule has 98 valence electrons. The highest BCUT2D eigenvalue weighted by Crippen LogP contribution is 2.22. The third kappa shape index (κ3) is 2.73. The number of fused-ring (bicyclic) bond motifs is 1. The summed E-state index contributed by atoms with van der Waals surface area (Å²) in [6.07, 6.45) is 2.55. The maximum absolute atomic E-state index is 3.68. The molecule has 2 nitrogen and oxygen atoms in total. The van der Waals surface area contributed by atoms with E-state index in [2.05, 4.69) is 53.3 Å². The maximum Gasteiger partial charge on any atom is 0.0238 e. The molecule has 0 radical (unpaired) electrons. The van der Waals surface area contributed by atoms with Gasteiger partial charge in [0.25, 0.3) is 0 Å². The number of hydrogen-bond donors (Lipinski definition) is 1. The van der Waals surface area contributed by atoms with E-state index in [4.69, 9.17) is 0 Å². The minimum absolute atomic E-state index is 0.621. The Kier molecular flexibility index (Phi) is 3.92. The molecule has 0 aliphatic carbocycles. The molecule has 0 spiro atoms. The molecule has 1 saturated heterocycles. The number of hydrogen-bond acceptors (Lipinski definition) is 3. The lowest BCUT2D eigenvalue weighted by molar-refractivity contribution is 0.227. The molecule has 3 rings (SSSR count). The Morgan fingerprint density at radius 3 is 2.94 bits per heavy atom. The van der Waals surface area contributed by atoms with Crippen LogP contribution in [0.3, 0.4) is 0 Å². The second-order valence-electron chi connectivity index (χ2n) is 5.51. The van der Waals surface area contributed by atoms with Gasteiger partial charge in [-0.15, -0.1) is 0 Å². The Hall–Kier alpha value is -0.510. The van der Waals surface area contributed by atoms with Crippen LogP contribution in [-0.2, 0) is 13.0 Å². The summed E-state index contributed by atoms with van der Waals surface area (Å²) in [5.74, 6) is 2.66. The van der Waals surface area contributed by atoms with Crippen molar-refractivity contribution in [1.29, 1.82) is 0 Å². The van der Waals surface area contributed by atoms with E-state index in [0.717, 1.165) is 12.6 Å². The number of nitrogens with one attached hydrogen (secondary N) is 1. The first-order chi connectivity index (χ1) is 8.83. The van der Waals surface area contributed by atoms with E-state index in [1.807, 2.05) is 0 Å². The molecule has 0 bridgehead atoms. The first-order valence-corrected chi connectivity index (χ1v) is 8.06. The van der Waals surface area contributed by atoms with Crippen molar-refractivity contribution < 1.29 is 0 Å². The molecule has 18 heavy (non-hydrogen) atoms. The van der Waals surface area contributed by atoms with Gasteiger partial charge in [0.1, 0.15) is 0 Å². The van der Waals surface area contributed by atoms with Crippen molar-refractivity contribution in [2.75, 3.05) is 25.1 Å². The van der Waals surface area contributed by atoms with Crippen molar-refractivity contribution in [2.45, 2.75) is 31.5 Å². The third-order valence-electron chi connectivity index (χ3n) is 4.20. The van der Waals surface area contributed by atoms with Crippen LogP contribution in [-0.4, -0.2) is 42.1 Å². The molecule has 1 N–H and O–H groups in total. The van der Waals surface area contributed by atoms with Gasteiger partial charge >= 0.3 is 0 Å². The Morgan fingerprint density at radius 1 is 1.33 bits per heavy atom. The fourth-order valence-corrected chi connectivity index (χ4v) is 4.32. The topological polar surface area (TPSA) is 15.3 Å². The van der Waals surface area contributed by atoms with Crippen LogP contribution in [0.1, 0.15) is 17.5 Å². The molecule has 0 amide bonds. The highest BCUT2D eigenvalue weighted by Gasteiger charge is 2.24.